The highest BCUT2D eigenvalue weighted by Crippen LogP contribution is 2.20. The minimum Gasteiger partial charge on any atom is -0.299 e. The average Bonchev–Trinajstić information content (AvgIpc) is 2.43. The number of benzene rings is 2. The topological polar surface area (TPSA) is 20.3 Å². The molecule has 2 aromatic carbocycles. The molecule has 0 radical (unpaired) electrons. The summed E-state index contributed by atoms with van der Waals surface area (Å²) in [5, 5.41) is 0.502. The summed E-state index contributed by atoms with van der Waals surface area (Å²) in [6.07, 6.45) is 1.29. The summed E-state index contributed by atoms with van der Waals surface area (Å²) in [7, 11) is 0. The van der Waals surface area contributed by atoms with Gasteiger partial charge in [0.1, 0.15) is 0 Å². The number of rotatable bonds is 4. The molecule has 102 valence electrons. The summed E-state index contributed by atoms with van der Waals surface area (Å²) < 4.78 is 0. The van der Waals surface area contributed by atoms with E-state index in [1.165, 1.54) is 25.1 Å². The van der Waals surface area contributed by atoms with Gasteiger partial charge >= 0.3 is 0 Å². The van der Waals surface area contributed by atoms with Crippen molar-refractivity contribution in [1.29, 1.82) is 0 Å². The van der Waals surface area contributed by atoms with Gasteiger partial charge in [-0.3, -0.25) is 9.69 Å². The minimum absolute atomic E-state index is 0.0221. The van der Waals surface area contributed by atoms with E-state index in [0.717, 1.165) is 6.54 Å². The van der Waals surface area contributed by atoms with E-state index in [9.17, 15) is 4.79 Å². The zero-order valence-electron chi connectivity index (χ0n) is 11.2. The maximum Gasteiger partial charge on any atom is 0.194 e. The molecule has 0 atom stereocenters. The third-order valence-corrected chi connectivity index (χ3v) is 4.02. The molecular formula is C17H16ClNO. The number of halogens is 1. The number of hydrogen-bond acceptors (Lipinski definition) is 2. The Morgan fingerprint density at radius 3 is 2.35 bits per heavy atom. The van der Waals surface area contributed by atoms with Crippen LogP contribution in [0.1, 0.15) is 27.9 Å². The molecule has 0 saturated carbocycles. The molecule has 0 N–H and O–H groups in total. The Labute approximate surface area is 124 Å². The van der Waals surface area contributed by atoms with Gasteiger partial charge in [0, 0.05) is 17.7 Å². The number of nitrogens with zero attached hydrogens (tertiary/aromatic N) is 1. The van der Waals surface area contributed by atoms with E-state index in [1.54, 1.807) is 12.1 Å². The Hall–Kier alpha value is -1.64. The molecule has 3 heteroatoms. The molecule has 3 rings (SSSR count). The van der Waals surface area contributed by atoms with Crippen LogP contribution in [0.15, 0.2) is 48.5 Å². The lowest BCUT2D eigenvalue weighted by atomic mass is 10.0. The highest BCUT2D eigenvalue weighted by Gasteiger charge is 2.15. The second-order valence-corrected chi connectivity index (χ2v) is 5.54. The predicted octanol–water partition coefficient (Wildman–Crippen LogP) is 3.78. The Kier molecular flexibility index (Phi) is 3.86. The van der Waals surface area contributed by atoms with Crippen molar-refractivity contribution in [3.63, 3.8) is 0 Å². The Morgan fingerprint density at radius 2 is 1.75 bits per heavy atom. The fraction of sp³-hybridized carbons (Fsp3) is 0.235. The molecule has 2 nitrogen and oxygen atoms in total. The molecule has 20 heavy (non-hydrogen) atoms. The number of ketones is 1. The van der Waals surface area contributed by atoms with E-state index in [4.69, 9.17) is 11.6 Å². The molecule has 0 aliphatic carbocycles. The molecule has 2 aromatic rings. The van der Waals surface area contributed by atoms with Crippen molar-refractivity contribution >= 4 is 17.4 Å². The van der Waals surface area contributed by atoms with Crippen LogP contribution in [0.3, 0.4) is 0 Å². The zero-order chi connectivity index (χ0) is 13.9. The first-order valence-corrected chi connectivity index (χ1v) is 7.22. The summed E-state index contributed by atoms with van der Waals surface area (Å²) in [4.78, 5) is 14.8. The standard InChI is InChI=1S/C17H16ClNO/c18-16-5-2-1-4-15(16)17(20)14-8-6-13(7-9-14)12-19-10-3-11-19/h1-2,4-9H,3,10-12H2. The SMILES string of the molecule is O=C(c1ccc(CN2CCC2)cc1)c1ccccc1Cl. The third kappa shape index (κ3) is 2.77. The van der Waals surface area contributed by atoms with Crippen LogP contribution in [0.5, 0.6) is 0 Å². The van der Waals surface area contributed by atoms with Gasteiger partial charge in [-0.05, 0) is 37.2 Å². The fourth-order valence-electron chi connectivity index (χ4n) is 2.36. The van der Waals surface area contributed by atoms with Gasteiger partial charge in [0.2, 0.25) is 0 Å². The van der Waals surface area contributed by atoms with Gasteiger partial charge in [0.15, 0.2) is 5.78 Å². The van der Waals surface area contributed by atoms with Crippen LogP contribution >= 0.6 is 11.6 Å². The maximum atomic E-state index is 12.4. The van der Waals surface area contributed by atoms with E-state index in [0.29, 0.717) is 16.1 Å². The lowest BCUT2D eigenvalue weighted by Gasteiger charge is -2.30. The normalized spacial score (nSPS) is 14.8. The van der Waals surface area contributed by atoms with Crippen LogP contribution in [0.25, 0.3) is 0 Å². The predicted molar refractivity (Wildman–Crippen MR) is 81.2 cm³/mol. The van der Waals surface area contributed by atoms with Crippen molar-refractivity contribution in [2.24, 2.45) is 0 Å². The molecule has 0 spiro atoms. The maximum absolute atomic E-state index is 12.4. The average molecular weight is 286 g/mol. The van der Waals surface area contributed by atoms with Gasteiger partial charge in [-0.1, -0.05) is 48.0 Å². The van der Waals surface area contributed by atoms with Crippen LogP contribution in [-0.2, 0) is 6.54 Å². The van der Waals surface area contributed by atoms with E-state index in [2.05, 4.69) is 4.90 Å². The quantitative estimate of drug-likeness (QED) is 0.797. The Balaban J connectivity index is 1.76. The van der Waals surface area contributed by atoms with Crippen LogP contribution in [0.2, 0.25) is 5.02 Å². The van der Waals surface area contributed by atoms with Crippen molar-refractivity contribution in [3.05, 3.63) is 70.2 Å². The molecular weight excluding hydrogens is 270 g/mol. The summed E-state index contributed by atoms with van der Waals surface area (Å²) in [5.74, 6) is -0.0221. The van der Waals surface area contributed by atoms with Gasteiger partial charge < -0.3 is 0 Å². The summed E-state index contributed by atoms with van der Waals surface area (Å²) in [5.41, 5.74) is 2.50. The van der Waals surface area contributed by atoms with Crippen LogP contribution < -0.4 is 0 Å². The molecule has 0 bridgehead atoms. The van der Waals surface area contributed by atoms with Crippen molar-refractivity contribution in [2.45, 2.75) is 13.0 Å². The number of likely N-dealkylation sites (tertiary alicyclic amines) is 1. The summed E-state index contributed by atoms with van der Waals surface area (Å²) >= 11 is 6.07. The Morgan fingerprint density at radius 1 is 1.05 bits per heavy atom. The van der Waals surface area contributed by atoms with Gasteiger partial charge in [-0.2, -0.15) is 0 Å². The van der Waals surface area contributed by atoms with E-state index >= 15 is 0 Å². The number of carbonyl (C=O) groups is 1. The molecule has 1 fully saturated rings. The minimum atomic E-state index is -0.0221. The lowest BCUT2D eigenvalue weighted by Crippen LogP contribution is -2.36. The first-order valence-electron chi connectivity index (χ1n) is 6.84. The second-order valence-electron chi connectivity index (χ2n) is 5.14. The number of carbonyl (C=O) groups excluding carboxylic acids is 1. The smallest absolute Gasteiger partial charge is 0.194 e. The Bertz CT molecular complexity index is 617. The largest absolute Gasteiger partial charge is 0.299 e. The molecule has 0 aromatic heterocycles. The highest BCUT2D eigenvalue weighted by atomic mass is 35.5. The van der Waals surface area contributed by atoms with Crippen LogP contribution in [0, 0.1) is 0 Å². The molecule has 1 heterocycles. The first-order chi connectivity index (χ1) is 9.74. The van der Waals surface area contributed by atoms with Crippen LogP contribution in [0.4, 0.5) is 0 Å². The monoisotopic (exact) mass is 285 g/mol. The van der Waals surface area contributed by atoms with Gasteiger partial charge in [-0.25, -0.2) is 0 Å². The zero-order valence-corrected chi connectivity index (χ0v) is 11.9. The lowest BCUT2D eigenvalue weighted by molar-refractivity contribution is 0.103. The molecule has 1 saturated heterocycles. The molecule has 1 aliphatic rings. The third-order valence-electron chi connectivity index (χ3n) is 3.69. The molecule has 1 aliphatic heterocycles. The van der Waals surface area contributed by atoms with Crippen molar-refractivity contribution in [3.8, 4) is 0 Å². The highest BCUT2D eigenvalue weighted by molar-refractivity contribution is 6.34. The van der Waals surface area contributed by atoms with Crippen LogP contribution in [-0.4, -0.2) is 23.8 Å². The van der Waals surface area contributed by atoms with Crippen molar-refractivity contribution < 1.29 is 4.79 Å². The van der Waals surface area contributed by atoms with Gasteiger partial charge in [0.05, 0.1) is 5.02 Å². The first kappa shape index (κ1) is 13.3. The van der Waals surface area contributed by atoms with Gasteiger partial charge in [0.25, 0.3) is 0 Å². The van der Waals surface area contributed by atoms with Crippen molar-refractivity contribution in [1.82, 2.24) is 4.90 Å². The molecule has 0 unspecified atom stereocenters. The van der Waals surface area contributed by atoms with E-state index < -0.39 is 0 Å². The van der Waals surface area contributed by atoms with Gasteiger partial charge in [-0.15, -0.1) is 0 Å². The summed E-state index contributed by atoms with van der Waals surface area (Å²) in [6, 6.07) is 15.0. The number of hydrogen-bond donors (Lipinski definition) is 0. The fourth-order valence-corrected chi connectivity index (χ4v) is 2.58. The summed E-state index contributed by atoms with van der Waals surface area (Å²) in [6.45, 7) is 3.33. The molecule has 0 amide bonds. The van der Waals surface area contributed by atoms with E-state index in [-0.39, 0.29) is 5.78 Å². The van der Waals surface area contributed by atoms with Crippen molar-refractivity contribution in [2.75, 3.05) is 13.1 Å². The van der Waals surface area contributed by atoms with E-state index in [1.807, 2.05) is 36.4 Å². The second kappa shape index (κ2) is 5.78.